The number of aliphatic hydroxyl groups is 1. The minimum Gasteiger partial charge on any atom is -0.459 e. The second kappa shape index (κ2) is 8.53. The molecule has 2 aromatic rings. The topological polar surface area (TPSA) is 72.5 Å². The van der Waals surface area contributed by atoms with Gasteiger partial charge >= 0.3 is 5.97 Å². The van der Waals surface area contributed by atoms with Crippen molar-refractivity contribution < 1.29 is 14.6 Å². The Hall–Kier alpha value is -1.53. The van der Waals surface area contributed by atoms with Gasteiger partial charge in [-0.1, -0.05) is 71.9 Å². The van der Waals surface area contributed by atoms with Gasteiger partial charge in [-0.25, -0.2) is 4.79 Å². The molecular weight excluding hydrogens is 346 g/mol. The van der Waals surface area contributed by atoms with Gasteiger partial charge in [-0.3, -0.25) is 0 Å². The summed E-state index contributed by atoms with van der Waals surface area (Å²) in [7, 11) is 0. The van der Waals surface area contributed by atoms with Gasteiger partial charge in [-0.05, 0) is 24.6 Å². The van der Waals surface area contributed by atoms with Crippen molar-refractivity contribution >= 4 is 29.3 Å². The van der Waals surface area contributed by atoms with Crippen molar-refractivity contribution in [3.63, 3.8) is 0 Å². The Bertz CT molecular complexity index is 654. The summed E-state index contributed by atoms with van der Waals surface area (Å²) in [5.41, 5.74) is 6.60. The number of nitrogens with two attached hydrogens (primary N) is 1. The molecule has 0 aliphatic heterocycles. The Balaban J connectivity index is 2.16. The summed E-state index contributed by atoms with van der Waals surface area (Å²) in [5, 5.41) is 10.4. The summed E-state index contributed by atoms with van der Waals surface area (Å²) in [5.74, 6) is -0.716. The van der Waals surface area contributed by atoms with Crippen LogP contribution in [0.25, 0.3) is 0 Å². The van der Waals surface area contributed by atoms with Crippen LogP contribution in [0.1, 0.15) is 12.5 Å². The SMILES string of the molecule is CC(N)C(O)C(Cl)(Sc1ccccc1)C(=O)OCc1ccccc1. The van der Waals surface area contributed by atoms with Crippen molar-refractivity contribution in [2.45, 2.75) is 34.8 Å². The summed E-state index contributed by atoms with van der Waals surface area (Å²) in [4.78, 5) is 13.3. The molecule has 3 atom stereocenters. The van der Waals surface area contributed by atoms with Crippen LogP contribution >= 0.6 is 23.4 Å². The Morgan fingerprint density at radius 2 is 1.75 bits per heavy atom. The monoisotopic (exact) mass is 365 g/mol. The Morgan fingerprint density at radius 1 is 1.21 bits per heavy atom. The summed E-state index contributed by atoms with van der Waals surface area (Å²) in [6, 6.07) is 17.7. The van der Waals surface area contributed by atoms with Crippen LogP contribution in [0.4, 0.5) is 0 Å². The number of carbonyl (C=O) groups is 1. The third-order valence-electron chi connectivity index (χ3n) is 3.38. The minimum atomic E-state index is -1.72. The van der Waals surface area contributed by atoms with Crippen molar-refractivity contribution in [3.05, 3.63) is 66.2 Å². The second-order valence-corrected chi connectivity index (χ2v) is 7.57. The molecule has 2 rings (SSSR count). The highest BCUT2D eigenvalue weighted by Crippen LogP contribution is 2.41. The molecule has 0 saturated carbocycles. The molecule has 0 aromatic heterocycles. The van der Waals surface area contributed by atoms with Crippen LogP contribution in [-0.2, 0) is 16.1 Å². The Kier molecular flexibility index (Phi) is 6.69. The molecule has 24 heavy (non-hydrogen) atoms. The second-order valence-electron chi connectivity index (χ2n) is 5.43. The number of rotatable bonds is 7. The van der Waals surface area contributed by atoms with E-state index in [9.17, 15) is 9.90 Å². The first-order valence-electron chi connectivity index (χ1n) is 7.51. The van der Waals surface area contributed by atoms with E-state index in [0.29, 0.717) is 0 Å². The smallest absolute Gasteiger partial charge is 0.341 e. The number of halogens is 1. The number of hydrogen-bond donors (Lipinski definition) is 2. The summed E-state index contributed by atoms with van der Waals surface area (Å²) < 4.78 is 3.61. The van der Waals surface area contributed by atoms with E-state index in [2.05, 4.69) is 0 Å². The van der Waals surface area contributed by atoms with E-state index in [-0.39, 0.29) is 6.61 Å². The molecule has 3 unspecified atom stereocenters. The van der Waals surface area contributed by atoms with Crippen molar-refractivity contribution in [2.75, 3.05) is 0 Å². The predicted molar refractivity (Wildman–Crippen MR) is 96.8 cm³/mol. The van der Waals surface area contributed by atoms with Gasteiger partial charge in [0.15, 0.2) is 0 Å². The minimum absolute atomic E-state index is 0.0785. The molecule has 0 amide bonds. The molecule has 0 aliphatic carbocycles. The van der Waals surface area contributed by atoms with E-state index in [0.717, 1.165) is 22.2 Å². The van der Waals surface area contributed by atoms with Gasteiger partial charge in [-0.2, -0.15) is 0 Å². The predicted octanol–water partition coefficient (Wildman–Crippen LogP) is 3.17. The number of alkyl halides is 1. The number of ether oxygens (including phenoxy) is 1. The van der Waals surface area contributed by atoms with Crippen LogP contribution in [-0.4, -0.2) is 27.4 Å². The van der Waals surface area contributed by atoms with Crippen LogP contribution in [0.3, 0.4) is 0 Å². The van der Waals surface area contributed by atoms with Crippen LogP contribution in [0.15, 0.2) is 65.6 Å². The standard InChI is InChI=1S/C18H20ClNO3S/c1-13(20)16(21)18(19,24-15-10-6-3-7-11-15)17(22)23-12-14-8-4-2-5-9-14/h2-11,13,16,21H,12,20H2,1H3. The molecule has 0 bridgehead atoms. The lowest BCUT2D eigenvalue weighted by Crippen LogP contribution is -2.51. The molecule has 2 aromatic carbocycles. The third-order valence-corrected chi connectivity index (χ3v) is 5.20. The fraction of sp³-hybridized carbons (Fsp3) is 0.278. The number of aliphatic hydroxyl groups excluding tert-OH is 1. The van der Waals surface area contributed by atoms with Gasteiger partial charge < -0.3 is 15.6 Å². The molecule has 0 aliphatic rings. The lowest BCUT2D eigenvalue weighted by atomic mass is 10.1. The molecule has 0 heterocycles. The van der Waals surface area contributed by atoms with Crippen LogP contribution < -0.4 is 5.73 Å². The average Bonchev–Trinajstić information content (AvgIpc) is 2.60. The number of benzene rings is 2. The zero-order chi connectivity index (χ0) is 17.6. The van der Waals surface area contributed by atoms with E-state index in [1.807, 2.05) is 48.5 Å². The lowest BCUT2D eigenvalue weighted by Gasteiger charge is -2.31. The van der Waals surface area contributed by atoms with Gasteiger partial charge in [0.25, 0.3) is 0 Å². The first-order valence-corrected chi connectivity index (χ1v) is 8.70. The zero-order valence-electron chi connectivity index (χ0n) is 13.3. The highest BCUT2D eigenvalue weighted by Gasteiger charge is 2.48. The van der Waals surface area contributed by atoms with E-state index >= 15 is 0 Å². The largest absolute Gasteiger partial charge is 0.459 e. The molecule has 0 spiro atoms. The molecule has 0 saturated heterocycles. The van der Waals surface area contributed by atoms with E-state index in [1.54, 1.807) is 19.1 Å². The quantitative estimate of drug-likeness (QED) is 0.448. The van der Waals surface area contributed by atoms with Crippen molar-refractivity contribution in [3.8, 4) is 0 Å². The fourth-order valence-electron chi connectivity index (χ4n) is 2.04. The first kappa shape index (κ1) is 18.8. The number of thioether (sulfide) groups is 1. The number of hydrogen-bond acceptors (Lipinski definition) is 5. The van der Waals surface area contributed by atoms with Crippen molar-refractivity contribution in [1.82, 2.24) is 0 Å². The molecule has 4 nitrogen and oxygen atoms in total. The maximum atomic E-state index is 12.6. The summed E-state index contributed by atoms with van der Waals surface area (Å²) >= 11 is 7.53. The molecule has 6 heteroatoms. The van der Waals surface area contributed by atoms with Crippen LogP contribution in [0.5, 0.6) is 0 Å². The molecule has 128 valence electrons. The number of esters is 1. The van der Waals surface area contributed by atoms with Gasteiger partial charge in [0, 0.05) is 10.9 Å². The zero-order valence-corrected chi connectivity index (χ0v) is 14.8. The summed E-state index contributed by atoms with van der Waals surface area (Å²) in [6.45, 7) is 1.67. The maximum Gasteiger partial charge on any atom is 0.341 e. The van der Waals surface area contributed by atoms with Gasteiger partial charge in [0.1, 0.15) is 12.7 Å². The molecule has 3 N–H and O–H groups in total. The highest BCUT2D eigenvalue weighted by molar-refractivity contribution is 8.02. The summed E-state index contributed by atoms with van der Waals surface area (Å²) in [6.07, 6.45) is -1.27. The molecular formula is C18H20ClNO3S. The van der Waals surface area contributed by atoms with Gasteiger partial charge in [0.05, 0.1) is 0 Å². The van der Waals surface area contributed by atoms with Crippen molar-refractivity contribution in [2.24, 2.45) is 5.73 Å². The maximum absolute atomic E-state index is 12.6. The van der Waals surface area contributed by atoms with Gasteiger partial charge in [-0.15, -0.1) is 0 Å². The normalized spacial score (nSPS) is 16.0. The third kappa shape index (κ3) is 4.74. The van der Waals surface area contributed by atoms with E-state index in [4.69, 9.17) is 22.1 Å². The Labute approximate surface area is 151 Å². The number of carbonyl (C=O) groups excluding carboxylic acids is 1. The van der Waals surface area contributed by atoms with Crippen LogP contribution in [0.2, 0.25) is 0 Å². The average molecular weight is 366 g/mol. The van der Waals surface area contributed by atoms with Crippen LogP contribution in [0, 0.1) is 0 Å². The highest BCUT2D eigenvalue weighted by atomic mass is 35.5. The fourth-order valence-corrected chi connectivity index (χ4v) is 3.68. The molecule has 0 fully saturated rings. The first-order chi connectivity index (χ1) is 11.4. The molecule has 0 radical (unpaired) electrons. The van der Waals surface area contributed by atoms with Gasteiger partial charge in [0.2, 0.25) is 4.21 Å². The van der Waals surface area contributed by atoms with Crippen molar-refractivity contribution in [1.29, 1.82) is 0 Å². The van der Waals surface area contributed by atoms with E-state index in [1.165, 1.54) is 0 Å². The van der Waals surface area contributed by atoms with E-state index < -0.39 is 22.3 Å². The lowest BCUT2D eigenvalue weighted by molar-refractivity contribution is -0.148. The Morgan fingerprint density at radius 3 is 2.29 bits per heavy atom.